The van der Waals surface area contributed by atoms with Gasteiger partial charge in [-0.25, -0.2) is 4.39 Å². The summed E-state index contributed by atoms with van der Waals surface area (Å²) in [6, 6.07) is 11.1. The maximum atomic E-state index is 13.5. The van der Waals surface area contributed by atoms with Crippen LogP contribution in [0.2, 0.25) is 5.02 Å². The minimum atomic E-state index is -0.819. The lowest BCUT2D eigenvalue weighted by Gasteiger charge is -2.25. The van der Waals surface area contributed by atoms with Gasteiger partial charge in [0.2, 0.25) is 0 Å². The Hall–Kier alpha value is -2.70. The van der Waals surface area contributed by atoms with Gasteiger partial charge in [-0.3, -0.25) is 9.59 Å². The number of Topliss-reactive ketones (excluding diaryl/α,β-unsaturated/α-hetero) is 1. The van der Waals surface area contributed by atoms with E-state index in [9.17, 15) is 19.1 Å². The van der Waals surface area contributed by atoms with E-state index in [1.54, 1.807) is 24.3 Å². The van der Waals surface area contributed by atoms with E-state index in [0.29, 0.717) is 29.2 Å². The van der Waals surface area contributed by atoms with E-state index in [2.05, 4.69) is 0 Å². The van der Waals surface area contributed by atoms with Gasteiger partial charge in [-0.15, -0.1) is 0 Å². The maximum Gasteiger partial charge on any atom is 0.295 e. The molecule has 0 aromatic heterocycles. The number of ether oxygens (including phenoxy) is 1. The number of ketones is 1. The van der Waals surface area contributed by atoms with Crippen molar-refractivity contribution in [2.24, 2.45) is 0 Å². The van der Waals surface area contributed by atoms with Crippen LogP contribution in [-0.4, -0.2) is 41.0 Å². The lowest BCUT2D eigenvalue weighted by molar-refractivity contribution is -0.140. The maximum absolute atomic E-state index is 13.5. The highest BCUT2D eigenvalue weighted by Gasteiger charge is 2.45. The third kappa shape index (κ3) is 4.71. The fraction of sp³-hybridized carbons (Fsp3) is 0.304. The normalized spacial score (nSPS) is 18.4. The first-order chi connectivity index (χ1) is 14.3. The molecule has 30 heavy (non-hydrogen) atoms. The van der Waals surface area contributed by atoms with Crippen LogP contribution in [0.15, 0.2) is 54.1 Å². The molecule has 1 aliphatic heterocycles. The zero-order valence-corrected chi connectivity index (χ0v) is 17.5. The molecule has 1 N–H and O–H groups in total. The van der Waals surface area contributed by atoms with Gasteiger partial charge >= 0.3 is 0 Å². The van der Waals surface area contributed by atoms with Crippen molar-refractivity contribution in [2.75, 3.05) is 13.2 Å². The third-order valence-electron chi connectivity index (χ3n) is 4.84. The predicted octanol–water partition coefficient (Wildman–Crippen LogP) is 4.72. The molecule has 1 saturated heterocycles. The van der Waals surface area contributed by atoms with Crippen molar-refractivity contribution >= 4 is 29.1 Å². The Bertz CT molecular complexity index is 954. The first kappa shape index (κ1) is 22.0. The Morgan fingerprint density at radius 3 is 2.37 bits per heavy atom. The summed E-state index contributed by atoms with van der Waals surface area (Å²) in [4.78, 5) is 27.0. The average molecular weight is 432 g/mol. The Morgan fingerprint density at radius 1 is 1.13 bits per heavy atom. The van der Waals surface area contributed by atoms with Gasteiger partial charge in [0.15, 0.2) is 0 Å². The number of aliphatic hydroxyl groups is 1. The van der Waals surface area contributed by atoms with Gasteiger partial charge < -0.3 is 14.7 Å². The summed E-state index contributed by atoms with van der Waals surface area (Å²) in [6.07, 6.45) is 0.572. The summed E-state index contributed by atoms with van der Waals surface area (Å²) in [7, 11) is 0. The molecule has 0 bridgehead atoms. The molecule has 1 fully saturated rings. The van der Waals surface area contributed by atoms with Crippen molar-refractivity contribution in [1.29, 1.82) is 0 Å². The molecule has 1 amide bonds. The minimum Gasteiger partial charge on any atom is -0.507 e. The number of benzene rings is 2. The molecule has 158 valence electrons. The number of hydrogen-bond acceptors (Lipinski definition) is 4. The molecule has 7 heteroatoms. The summed E-state index contributed by atoms with van der Waals surface area (Å²) in [6.45, 7) is 4.51. The van der Waals surface area contributed by atoms with Crippen LogP contribution in [0.3, 0.4) is 0 Å². The molecule has 0 unspecified atom stereocenters. The Kier molecular flexibility index (Phi) is 6.90. The van der Waals surface area contributed by atoms with Crippen molar-refractivity contribution < 1.29 is 23.8 Å². The SMILES string of the molecule is CC(C)OCCCN1C(=O)C(=O)C(=C(O)c2ccc(Cl)cc2)[C@@H]1c1ccc(F)cc1. The number of carbonyl (C=O) groups excluding carboxylic acids is 2. The van der Waals surface area contributed by atoms with E-state index < -0.39 is 23.5 Å². The number of nitrogens with zero attached hydrogens (tertiary/aromatic N) is 1. The summed E-state index contributed by atoms with van der Waals surface area (Å²) in [5, 5.41) is 11.4. The van der Waals surface area contributed by atoms with Gasteiger partial charge in [0.1, 0.15) is 11.6 Å². The number of carbonyl (C=O) groups is 2. The average Bonchev–Trinajstić information content (AvgIpc) is 2.96. The topological polar surface area (TPSA) is 66.8 Å². The van der Waals surface area contributed by atoms with E-state index in [-0.39, 0.29) is 24.0 Å². The molecule has 1 heterocycles. The molecule has 1 atom stereocenters. The molecular formula is C23H23ClFNO4. The second-order valence-corrected chi connectivity index (χ2v) is 7.76. The quantitative estimate of drug-likeness (QED) is 0.298. The van der Waals surface area contributed by atoms with Crippen LogP contribution in [-0.2, 0) is 14.3 Å². The van der Waals surface area contributed by atoms with Crippen LogP contribution >= 0.6 is 11.6 Å². The Balaban J connectivity index is 2.01. The fourth-order valence-electron chi connectivity index (χ4n) is 3.42. The van der Waals surface area contributed by atoms with Crippen molar-refractivity contribution in [3.05, 3.63) is 76.1 Å². The van der Waals surface area contributed by atoms with Gasteiger partial charge in [-0.05, 0) is 62.2 Å². The van der Waals surface area contributed by atoms with E-state index in [1.165, 1.54) is 29.2 Å². The number of hydrogen-bond donors (Lipinski definition) is 1. The number of halogens is 2. The molecule has 5 nitrogen and oxygen atoms in total. The van der Waals surface area contributed by atoms with Gasteiger partial charge in [-0.2, -0.15) is 0 Å². The van der Waals surface area contributed by atoms with Crippen molar-refractivity contribution in [3.63, 3.8) is 0 Å². The van der Waals surface area contributed by atoms with Gasteiger partial charge in [0.05, 0.1) is 17.7 Å². The molecule has 2 aromatic rings. The van der Waals surface area contributed by atoms with Crippen LogP contribution in [0.5, 0.6) is 0 Å². The lowest BCUT2D eigenvalue weighted by atomic mass is 9.95. The summed E-state index contributed by atoms with van der Waals surface area (Å²) in [5.74, 6) is -2.20. The van der Waals surface area contributed by atoms with Crippen LogP contribution in [0.4, 0.5) is 4.39 Å². The smallest absolute Gasteiger partial charge is 0.295 e. The van der Waals surface area contributed by atoms with E-state index in [1.807, 2.05) is 13.8 Å². The number of aliphatic hydroxyl groups excluding tert-OH is 1. The number of rotatable bonds is 7. The highest BCUT2D eigenvalue weighted by molar-refractivity contribution is 6.46. The van der Waals surface area contributed by atoms with Gasteiger partial charge in [-0.1, -0.05) is 23.7 Å². The Labute approximate surface area is 179 Å². The van der Waals surface area contributed by atoms with Crippen LogP contribution in [0, 0.1) is 5.82 Å². The summed E-state index contributed by atoms with van der Waals surface area (Å²) >= 11 is 5.91. The van der Waals surface area contributed by atoms with Crippen LogP contribution in [0.25, 0.3) is 5.76 Å². The number of amides is 1. The van der Waals surface area contributed by atoms with Gasteiger partial charge in [0.25, 0.3) is 11.7 Å². The minimum absolute atomic E-state index is 0.0290. The highest BCUT2D eigenvalue weighted by atomic mass is 35.5. The monoisotopic (exact) mass is 431 g/mol. The van der Waals surface area contributed by atoms with Crippen molar-refractivity contribution in [1.82, 2.24) is 4.90 Å². The number of likely N-dealkylation sites (tertiary alicyclic amines) is 1. The molecule has 1 aliphatic rings. The molecule has 0 saturated carbocycles. The molecule has 0 spiro atoms. The highest BCUT2D eigenvalue weighted by Crippen LogP contribution is 2.39. The zero-order valence-electron chi connectivity index (χ0n) is 16.8. The first-order valence-corrected chi connectivity index (χ1v) is 10.1. The van der Waals surface area contributed by atoms with E-state index in [0.717, 1.165) is 0 Å². The fourth-order valence-corrected chi connectivity index (χ4v) is 3.55. The van der Waals surface area contributed by atoms with Crippen LogP contribution in [0.1, 0.15) is 37.4 Å². The second kappa shape index (κ2) is 9.41. The van der Waals surface area contributed by atoms with Gasteiger partial charge in [0, 0.05) is 23.7 Å². The standard InChI is InChI=1S/C23H23ClFNO4/c1-14(2)30-13-3-12-26-20(15-6-10-18(25)11-7-15)19(22(28)23(26)29)21(27)16-4-8-17(24)9-5-16/h4-11,14,20,27H,3,12-13H2,1-2H3/t20-/m0/s1. The lowest BCUT2D eigenvalue weighted by Crippen LogP contribution is -2.31. The summed E-state index contributed by atoms with van der Waals surface area (Å²) < 4.78 is 19.0. The summed E-state index contributed by atoms with van der Waals surface area (Å²) in [5.41, 5.74) is 0.877. The second-order valence-electron chi connectivity index (χ2n) is 7.32. The van der Waals surface area contributed by atoms with Crippen LogP contribution < -0.4 is 0 Å². The van der Waals surface area contributed by atoms with E-state index in [4.69, 9.17) is 16.3 Å². The molecule has 0 radical (unpaired) electrons. The first-order valence-electron chi connectivity index (χ1n) is 9.71. The zero-order chi connectivity index (χ0) is 21.8. The molecular weight excluding hydrogens is 409 g/mol. The third-order valence-corrected chi connectivity index (χ3v) is 5.09. The molecule has 2 aromatic carbocycles. The Morgan fingerprint density at radius 2 is 1.77 bits per heavy atom. The molecule has 0 aliphatic carbocycles. The van der Waals surface area contributed by atoms with Crippen molar-refractivity contribution in [2.45, 2.75) is 32.4 Å². The molecule has 3 rings (SSSR count). The predicted molar refractivity (Wildman–Crippen MR) is 113 cm³/mol. The largest absolute Gasteiger partial charge is 0.507 e. The van der Waals surface area contributed by atoms with Crippen molar-refractivity contribution in [3.8, 4) is 0 Å². The van der Waals surface area contributed by atoms with E-state index >= 15 is 0 Å².